The van der Waals surface area contributed by atoms with Gasteiger partial charge < -0.3 is 39.7 Å². The predicted molar refractivity (Wildman–Crippen MR) is 112 cm³/mol. The summed E-state index contributed by atoms with van der Waals surface area (Å²) in [6.45, 7) is 5.05. The molecule has 1 rings (SSSR count). The highest BCUT2D eigenvalue weighted by Crippen LogP contribution is 2.26. The lowest BCUT2D eigenvalue weighted by molar-refractivity contribution is -0.146. The molecule has 1 aromatic rings. The Labute approximate surface area is 173 Å². The molecule has 1 aromatic carbocycles. The second-order valence-corrected chi connectivity index (χ2v) is 5.80. The van der Waals surface area contributed by atoms with Crippen LogP contribution in [0.15, 0.2) is 18.2 Å². The number of benzene rings is 1. The molecular formula is C20H36N2O7. The lowest BCUT2D eigenvalue weighted by Crippen LogP contribution is -2.32. The minimum absolute atomic E-state index is 0.0740. The number of hydrogen-bond donors (Lipinski definition) is 4. The van der Waals surface area contributed by atoms with Gasteiger partial charge in [-0.15, -0.1) is 0 Å². The maximum Gasteiger partial charge on any atom is 0.331 e. The molecule has 0 heterocycles. The molecular weight excluding hydrogens is 380 g/mol. The average molecular weight is 417 g/mol. The summed E-state index contributed by atoms with van der Waals surface area (Å²) in [5, 5.41) is 37.2. The van der Waals surface area contributed by atoms with E-state index < -0.39 is 5.97 Å². The van der Waals surface area contributed by atoms with Gasteiger partial charge in [-0.1, -0.05) is 13.8 Å². The number of nitrogens with zero attached hydrogens (tertiary/aromatic N) is 2. The normalized spacial score (nSPS) is 10.2. The smallest absolute Gasteiger partial charge is 0.331 e. The van der Waals surface area contributed by atoms with Gasteiger partial charge in [-0.25, -0.2) is 4.79 Å². The van der Waals surface area contributed by atoms with Gasteiger partial charge in [0.15, 0.2) is 0 Å². The Hall–Kier alpha value is -1.91. The zero-order valence-corrected chi connectivity index (χ0v) is 17.7. The molecule has 0 unspecified atom stereocenters. The van der Waals surface area contributed by atoms with E-state index in [-0.39, 0.29) is 39.6 Å². The molecule has 0 saturated heterocycles. The standard InChI is InChI=1S/C18H30N2O7.C2H6/c1-26-18(25)14-27-13-15-10-16(19(2-6-21)3-7-22)12-17(11-15)20(4-8-23)5-9-24;1-2/h10-12,21-24H,2-9,13-14H2,1H3;1-2H3. The molecule has 0 radical (unpaired) electrons. The van der Waals surface area contributed by atoms with Crippen molar-refractivity contribution in [3.63, 3.8) is 0 Å². The number of aliphatic hydroxyl groups is 4. The first-order valence-electron chi connectivity index (χ1n) is 9.81. The van der Waals surface area contributed by atoms with Crippen molar-refractivity contribution in [2.24, 2.45) is 0 Å². The first kappa shape index (κ1) is 27.1. The van der Waals surface area contributed by atoms with E-state index in [0.29, 0.717) is 26.2 Å². The summed E-state index contributed by atoms with van der Waals surface area (Å²) in [6, 6.07) is 5.56. The minimum Gasteiger partial charge on any atom is -0.467 e. The van der Waals surface area contributed by atoms with Gasteiger partial charge in [0, 0.05) is 37.6 Å². The van der Waals surface area contributed by atoms with Gasteiger partial charge in [0.1, 0.15) is 6.61 Å². The van der Waals surface area contributed by atoms with Crippen molar-refractivity contribution in [2.75, 3.05) is 76.1 Å². The Morgan fingerprint density at radius 1 is 0.828 bits per heavy atom. The summed E-state index contributed by atoms with van der Waals surface area (Å²) in [6.07, 6.45) is 0. The molecule has 0 amide bonds. The van der Waals surface area contributed by atoms with Crippen molar-refractivity contribution in [3.05, 3.63) is 23.8 Å². The van der Waals surface area contributed by atoms with Crippen molar-refractivity contribution >= 4 is 17.3 Å². The molecule has 0 aliphatic carbocycles. The summed E-state index contributed by atoms with van der Waals surface area (Å²) in [7, 11) is 1.29. The van der Waals surface area contributed by atoms with Crippen molar-refractivity contribution in [1.29, 1.82) is 0 Å². The second kappa shape index (κ2) is 17.0. The Morgan fingerprint density at radius 3 is 1.59 bits per heavy atom. The lowest BCUT2D eigenvalue weighted by atomic mass is 10.1. The van der Waals surface area contributed by atoms with Crippen LogP contribution in [0.1, 0.15) is 19.4 Å². The fourth-order valence-corrected chi connectivity index (χ4v) is 2.64. The summed E-state index contributed by atoms with van der Waals surface area (Å²) in [5.74, 6) is -0.476. The summed E-state index contributed by atoms with van der Waals surface area (Å²) >= 11 is 0. The molecule has 0 bridgehead atoms. The SMILES string of the molecule is CC.COC(=O)COCc1cc(N(CCO)CCO)cc(N(CCO)CCO)c1. The number of anilines is 2. The van der Waals surface area contributed by atoms with E-state index in [0.717, 1.165) is 16.9 Å². The molecule has 0 saturated carbocycles. The third-order valence-corrected chi connectivity index (χ3v) is 3.89. The molecule has 0 atom stereocenters. The molecule has 168 valence electrons. The number of aliphatic hydroxyl groups excluding tert-OH is 4. The highest BCUT2D eigenvalue weighted by molar-refractivity contribution is 5.70. The van der Waals surface area contributed by atoms with Gasteiger partial charge in [-0.2, -0.15) is 0 Å². The predicted octanol–water partition coefficient (Wildman–Crippen LogP) is -0.0156. The molecule has 0 aliphatic rings. The highest BCUT2D eigenvalue weighted by Gasteiger charge is 2.13. The van der Waals surface area contributed by atoms with E-state index in [4.69, 9.17) is 4.74 Å². The first-order chi connectivity index (χ1) is 14.1. The third kappa shape index (κ3) is 10.4. The van der Waals surface area contributed by atoms with Gasteiger partial charge in [0.2, 0.25) is 0 Å². The monoisotopic (exact) mass is 416 g/mol. The molecule has 0 aromatic heterocycles. The van der Waals surface area contributed by atoms with Gasteiger partial charge in [-0.05, 0) is 23.8 Å². The maximum atomic E-state index is 11.2. The van der Waals surface area contributed by atoms with Crippen molar-refractivity contribution < 1.29 is 34.7 Å². The maximum absolute atomic E-state index is 11.2. The molecule has 9 heteroatoms. The van der Waals surface area contributed by atoms with Crippen LogP contribution in [0.4, 0.5) is 11.4 Å². The number of methoxy groups -OCH3 is 1. The van der Waals surface area contributed by atoms with Crippen LogP contribution in [0.25, 0.3) is 0 Å². The number of carbonyl (C=O) groups excluding carboxylic acids is 1. The molecule has 0 fully saturated rings. The minimum atomic E-state index is -0.476. The summed E-state index contributed by atoms with van der Waals surface area (Å²) in [5.41, 5.74) is 2.29. The van der Waals surface area contributed by atoms with Crippen LogP contribution in [0.5, 0.6) is 0 Å². The molecule has 0 spiro atoms. The topological polar surface area (TPSA) is 123 Å². The highest BCUT2D eigenvalue weighted by atomic mass is 16.6. The summed E-state index contributed by atoms with van der Waals surface area (Å²) in [4.78, 5) is 14.9. The quantitative estimate of drug-likeness (QED) is 0.310. The van der Waals surface area contributed by atoms with Gasteiger partial charge >= 0.3 is 5.97 Å². The van der Waals surface area contributed by atoms with Crippen molar-refractivity contribution in [2.45, 2.75) is 20.5 Å². The van der Waals surface area contributed by atoms with Crippen LogP contribution < -0.4 is 9.80 Å². The molecule has 4 N–H and O–H groups in total. The van der Waals surface area contributed by atoms with E-state index >= 15 is 0 Å². The molecule has 29 heavy (non-hydrogen) atoms. The fraction of sp³-hybridized carbons (Fsp3) is 0.650. The van der Waals surface area contributed by atoms with E-state index in [1.807, 2.05) is 41.8 Å². The van der Waals surface area contributed by atoms with Crippen LogP contribution in [0.2, 0.25) is 0 Å². The number of rotatable bonds is 14. The summed E-state index contributed by atoms with van der Waals surface area (Å²) < 4.78 is 9.92. The Balaban J connectivity index is 0.00000379. The number of esters is 1. The van der Waals surface area contributed by atoms with Crippen LogP contribution in [0.3, 0.4) is 0 Å². The number of ether oxygens (including phenoxy) is 2. The molecule has 0 aliphatic heterocycles. The third-order valence-electron chi connectivity index (χ3n) is 3.89. The molecule has 9 nitrogen and oxygen atoms in total. The van der Waals surface area contributed by atoms with Gasteiger partial charge in [0.25, 0.3) is 0 Å². The Kier molecular flexibility index (Phi) is 15.9. The largest absolute Gasteiger partial charge is 0.467 e. The lowest BCUT2D eigenvalue weighted by Gasteiger charge is -2.28. The zero-order chi connectivity index (χ0) is 22.1. The first-order valence-corrected chi connectivity index (χ1v) is 9.81. The number of carbonyl (C=O) groups is 1. The van der Waals surface area contributed by atoms with E-state index in [1.54, 1.807) is 0 Å². The van der Waals surface area contributed by atoms with E-state index in [9.17, 15) is 25.2 Å². The second-order valence-electron chi connectivity index (χ2n) is 5.80. The van der Waals surface area contributed by atoms with Crippen LogP contribution in [0, 0.1) is 0 Å². The average Bonchev–Trinajstić information content (AvgIpc) is 2.74. The van der Waals surface area contributed by atoms with Gasteiger partial charge in [-0.3, -0.25) is 0 Å². The Bertz CT molecular complexity index is 511. The van der Waals surface area contributed by atoms with Crippen molar-refractivity contribution in [3.8, 4) is 0 Å². The van der Waals surface area contributed by atoms with E-state index in [2.05, 4.69) is 4.74 Å². The Morgan fingerprint density at radius 2 is 1.24 bits per heavy atom. The van der Waals surface area contributed by atoms with Crippen LogP contribution in [-0.2, 0) is 20.9 Å². The zero-order valence-electron chi connectivity index (χ0n) is 17.7. The van der Waals surface area contributed by atoms with E-state index in [1.165, 1.54) is 7.11 Å². The van der Waals surface area contributed by atoms with Crippen LogP contribution in [-0.4, -0.2) is 92.7 Å². The van der Waals surface area contributed by atoms with Crippen LogP contribution >= 0.6 is 0 Å². The van der Waals surface area contributed by atoms with Crippen molar-refractivity contribution in [1.82, 2.24) is 0 Å². The van der Waals surface area contributed by atoms with Gasteiger partial charge in [0.05, 0.1) is 40.1 Å². The fourth-order valence-electron chi connectivity index (χ4n) is 2.64. The number of hydrogen-bond acceptors (Lipinski definition) is 9.